The monoisotopic (exact) mass is 374 g/mol. The van der Waals surface area contributed by atoms with Crippen molar-refractivity contribution in [2.24, 2.45) is 4.99 Å². The quantitative estimate of drug-likeness (QED) is 0.514. The lowest BCUT2D eigenvalue weighted by Gasteiger charge is -2.19. The molecule has 3 N–H and O–H groups in total. The number of nitrogens with one attached hydrogen (secondary N) is 3. The molecule has 26 heavy (non-hydrogen) atoms. The van der Waals surface area contributed by atoms with Crippen LogP contribution in [0.15, 0.2) is 52.1 Å². The summed E-state index contributed by atoms with van der Waals surface area (Å²) in [5, 5.41) is 9.89. The molecule has 7 heteroatoms. The minimum Gasteiger partial charge on any atom is -0.467 e. The molecule has 1 heterocycles. The highest BCUT2D eigenvalue weighted by Crippen LogP contribution is 2.48. The molecule has 6 nitrogen and oxygen atoms in total. The number of benzene rings is 1. The van der Waals surface area contributed by atoms with E-state index in [4.69, 9.17) is 16.0 Å². The molecule has 0 aliphatic heterocycles. The maximum Gasteiger partial charge on any atom is 0.239 e. The van der Waals surface area contributed by atoms with Gasteiger partial charge in [-0.3, -0.25) is 9.79 Å². The van der Waals surface area contributed by atoms with Crippen molar-refractivity contribution in [2.75, 3.05) is 20.1 Å². The third-order valence-electron chi connectivity index (χ3n) is 4.56. The Balaban J connectivity index is 1.44. The predicted molar refractivity (Wildman–Crippen MR) is 102 cm³/mol. The maximum atomic E-state index is 11.9. The summed E-state index contributed by atoms with van der Waals surface area (Å²) in [5.74, 6) is 1.20. The van der Waals surface area contributed by atoms with Gasteiger partial charge in [-0.15, -0.1) is 0 Å². The molecule has 1 amide bonds. The van der Waals surface area contributed by atoms with E-state index in [-0.39, 0.29) is 17.9 Å². The number of amides is 1. The molecule has 138 valence electrons. The SMILES string of the molecule is CN=C(NCC(=O)NCc1ccco1)NCC1(c2cccc(Cl)c2)CC1. The average molecular weight is 375 g/mol. The molecule has 0 saturated heterocycles. The third kappa shape index (κ3) is 4.79. The van der Waals surface area contributed by atoms with Crippen LogP contribution in [0.1, 0.15) is 24.2 Å². The maximum absolute atomic E-state index is 11.9. The molecule has 1 aromatic carbocycles. The number of hydrogen-bond donors (Lipinski definition) is 3. The average Bonchev–Trinajstić information content (AvgIpc) is 3.26. The van der Waals surface area contributed by atoms with E-state index in [0.717, 1.165) is 30.2 Å². The standard InChI is InChI=1S/C19H23ClN4O2/c1-21-18(23-12-17(25)22-11-16-6-3-9-26-16)24-13-19(7-8-19)14-4-2-5-15(20)10-14/h2-6,9-10H,7-8,11-13H2,1H3,(H,22,25)(H2,21,23,24). The van der Waals surface area contributed by atoms with Gasteiger partial charge in [-0.05, 0) is 42.7 Å². The molecule has 1 aliphatic rings. The highest BCUT2D eigenvalue weighted by atomic mass is 35.5. The zero-order chi connectivity index (χ0) is 18.4. The van der Waals surface area contributed by atoms with E-state index >= 15 is 0 Å². The van der Waals surface area contributed by atoms with E-state index in [9.17, 15) is 4.79 Å². The molecule has 2 aromatic rings. The molecule has 0 radical (unpaired) electrons. The van der Waals surface area contributed by atoms with Gasteiger partial charge in [0.15, 0.2) is 5.96 Å². The number of carbonyl (C=O) groups excluding carboxylic acids is 1. The minimum absolute atomic E-state index is 0.101. The van der Waals surface area contributed by atoms with Gasteiger partial charge in [0.2, 0.25) is 5.91 Å². The fraction of sp³-hybridized carbons (Fsp3) is 0.368. The Morgan fingerprint density at radius 1 is 1.23 bits per heavy atom. The molecular weight excluding hydrogens is 352 g/mol. The van der Waals surface area contributed by atoms with Gasteiger partial charge in [0.25, 0.3) is 0 Å². The van der Waals surface area contributed by atoms with Gasteiger partial charge >= 0.3 is 0 Å². The van der Waals surface area contributed by atoms with Crippen LogP contribution in [-0.2, 0) is 16.8 Å². The zero-order valence-electron chi connectivity index (χ0n) is 14.7. The summed E-state index contributed by atoms with van der Waals surface area (Å²) < 4.78 is 5.18. The summed E-state index contributed by atoms with van der Waals surface area (Å²) in [5.41, 5.74) is 1.34. The Bertz CT molecular complexity index is 770. The number of rotatable bonds is 7. The smallest absolute Gasteiger partial charge is 0.239 e. The van der Waals surface area contributed by atoms with E-state index in [0.29, 0.717) is 12.5 Å². The summed E-state index contributed by atoms with van der Waals surface area (Å²) in [4.78, 5) is 16.1. The van der Waals surface area contributed by atoms with Gasteiger partial charge in [-0.25, -0.2) is 0 Å². The Kier molecular flexibility index (Phi) is 5.83. The topological polar surface area (TPSA) is 78.7 Å². The van der Waals surface area contributed by atoms with E-state index in [1.165, 1.54) is 5.56 Å². The largest absolute Gasteiger partial charge is 0.467 e. The Hall–Kier alpha value is -2.47. The molecule has 1 saturated carbocycles. The molecule has 0 unspecified atom stereocenters. The van der Waals surface area contributed by atoms with Crippen LogP contribution in [-0.4, -0.2) is 32.0 Å². The first kappa shape index (κ1) is 18.3. The van der Waals surface area contributed by atoms with Crippen molar-refractivity contribution in [3.63, 3.8) is 0 Å². The molecule has 0 bridgehead atoms. The number of nitrogens with zero attached hydrogens (tertiary/aromatic N) is 1. The van der Waals surface area contributed by atoms with Crippen molar-refractivity contribution in [3.8, 4) is 0 Å². The second kappa shape index (κ2) is 8.27. The van der Waals surface area contributed by atoms with Gasteiger partial charge < -0.3 is 20.4 Å². The molecule has 0 spiro atoms. The van der Waals surface area contributed by atoms with Crippen LogP contribution in [0, 0.1) is 0 Å². The molecule has 0 atom stereocenters. The highest BCUT2D eigenvalue weighted by Gasteiger charge is 2.44. The van der Waals surface area contributed by atoms with Crippen LogP contribution >= 0.6 is 11.6 Å². The van der Waals surface area contributed by atoms with Crippen molar-refractivity contribution < 1.29 is 9.21 Å². The van der Waals surface area contributed by atoms with Crippen molar-refractivity contribution >= 4 is 23.5 Å². The lowest BCUT2D eigenvalue weighted by atomic mass is 9.96. The van der Waals surface area contributed by atoms with Crippen molar-refractivity contribution in [1.82, 2.24) is 16.0 Å². The van der Waals surface area contributed by atoms with Crippen molar-refractivity contribution in [3.05, 3.63) is 59.0 Å². The summed E-state index contributed by atoms with van der Waals surface area (Å²) in [7, 11) is 1.69. The molecular formula is C19H23ClN4O2. The van der Waals surface area contributed by atoms with E-state index < -0.39 is 0 Å². The van der Waals surface area contributed by atoms with Gasteiger partial charge in [-0.2, -0.15) is 0 Å². The van der Waals surface area contributed by atoms with Crippen LogP contribution in [0.25, 0.3) is 0 Å². The van der Waals surface area contributed by atoms with Crippen molar-refractivity contribution in [2.45, 2.75) is 24.8 Å². The molecule has 1 aromatic heterocycles. The van der Waals surface area contributed by atoms with E-state index in [1.807, 2.05) is 24.3 Å². The first-order valence-corrected chi connectivity index (χ1v) is 8.99. The first-order valence-electron chi connectivity index (χ1n) is 8.61. The lowest BCUT2D eigenvalue weighted by Crippen LogP contribution is -2.45. The predicted octanol–water partition coefficient (Wildman–Crippen LogP) is 2.45. The molecule has 3 rings (SSSR count). The zero-order valence-corrected chi connectivity index (χ0v) is 15.5. The Morgan fingerprint density at radius 2 is 2.08 bits per heavy atom. The lowest BCUT2D eigenvalue weighted by molar-refractivity contribution is -0.120. The summed E-state index contributed by atoms with van der Waals surface area (Å²) >= 11 is 6.11. The third-order valence-corrected chi connectivity index (χ3v) is 4.80. The number of furan rings is 1. The van der Waals surface area contributed by atoms with Gasteiger partial charge in [0, 0.05) is 24.0 Å². The van der Waals surface area contributed by atoms with Crippen LogP contribution < -0.4 is 16.0 Å². The van der Waals surface area contributed by atoms with Gasteiger partial charge in [0.1, 0.15) is 5.76 Å². The van der Waals surface area contributed by atoms with Crippen LogP contribution in [0.5, 0.6) is 0 Å². The van der Waals surface area contributed by atoms with Crippen LogP contribution in [0.4, 0.5) is 0 Å². The number of hydrogen-bond acceptors (Lipinski definition) is 3. The van der Waals surface area contributed by atoms with E-state index in [2.05, 4.69) is 27.0 Å². The normalized spacial score (nSPS) is 15.4. The fourth-order valence-electron chi connectivity index (χ4n) is 2.84. The number of halogens is 1. The van der Waals surface area contributed by atoms with Gasteiger partial charge in [0.05, 0.1) is 19.4 Å². The fourth-order valence-corrected chi connectivity index (χ4v) is 3.03. The summed E-state index contributed by atoms with van der Waals surface area (Å²) in [6.07, 6.45) is 3.81. The number of guanidine groups is 1. The Morgan fingerprint density at radius 3 is 2.73 bits per heavy atom. The second-order valence-corrected chi connectivity index (χ2v) is 6.86. The van der Waals surface area contributed by atoms with Crippen LogP contribution in [0.3, 0.4) is 0 Å². The van der Waals surface area contributed by atoms with Crippen molar-refractivity contribution in [1.29, 1.82) is 0 Å². The van der Waals surface area contributed by atoms with Crippen LogP contribution in [0.2, 0.25) is 5.02 Å². The molecule has 1 aliphatic carbocycles. The number of aliphatic imine (C=N–C) groups is 1. The highest BCUT2D eigenvalue weighted by molar-refractivity contribution is 6.30. The van der Waals surface area contributed by atoms with Gasteiger partial charge in [-0.1, -0.05) is 23.7 Å². The first-order chi connectivity index (χ1) is 12.6. The van der Waals surface area contributed by atoms with E-state index in [1.54, 1.807) is 19.4 Å². The molecule has 1 fully saturated rings. The minimum atomic E-state index is -0.125. The summed E-state index contributed by atoms with van der Waals surface area (Å²) in [6, 6.07) is 11.6. The Labute approximate surface area is 158 Å². The number of carbonyl (C=O) groups is 1. The second-order valence-electron chi connectivity index (χ2n) is 6.43. The summed E-state index contributed by atoms with van der Waals surface area (Å²) in [6.45, 7) is 1.27.